The maximum absolute atomic E-state index is 5.90. The number of pyridine rings is 1. The van der Waals surface area contributed by atoms with Crippen LogP contribution in [0.3, 0.4) is 0 Å². The van der Waals surface area contributed by atoms with Gasteiger partial charge < -0.3 is 15.2 Å². The summed E-state index contributed by atoms with van der Waals surface area (Å²) in [5.41, 5.74) is 7.88. The lowest BCUT2D eigenvalue weighted by Gasteiger charge is -2.23. The minimum atomic E-state index is 0.00195. The van der Waals surface area contributed by atoms with Crippen LogP contribution in [-0.4, -0.2) is 24.8 Å². The summed E-state index contributed by atoms with van der Waals surface area (Å²) in [6.45, 7) is 9.37. The Morgan fingerprint density at radius 1 is 1.30 bits per heavy atom. The molecule has 0 atom stereocenters. The highest BCUT2D eigenvalue weighted by atomic mass is 16.5. The van der Waals surface area contributed by atoms with Gasteiger partial charge in [0.2, 0.25) is 5.88 Å². The number of nitrogens with zero attached hydrogens (tertiary/aromatic N) is 1. The summed E-state index contributed by atoms with van der Waals surface area (Å²) < 4.78 is 11.3. The van der Waals surface area contributed by atoms with Gasteiger partial charge in [-0.2, -0.15) is 0 Å². The Labute approximate surface area is 121 Å². The van der Waals surface area contributed by atoms with Gasteiger partial charge in [0.15, 0.2) is 0 Å². The second kappa shape index (κ2) is 6.55. The summed E-state index contributed by atoms with van der Waals surface area (Å²) in [5.74, 6) is 1.27. The average Bonchev–Trinajstić information content (AvgIpc) is 2.45. The van der Waals surface area contributed by atoms with Crippen molar-refractivity contribution in [3.63, 3.8) is 0 Å². The smallest absolute Gasteiger partial charge is 0.213 e. The van der Waals surface area contributed by atoms with Crippen LogP contribution in [0, 0.1) is 5.92 Å². The van der Waals surface area contributed by atoms with E-state index in [1.165, 1.54) is 0 Å². The zero-order valence-corrected chi connectivity index (χ0v) is 12.8. The molecule has 0 aromatic carbocycles. The van der Waals surface area contributed by atoms with Gasteiger partial charge in [-0.1, -0.05) is 20.8 Å². The standard InChI is InChI=1S/C16H26N2O2/c1-16(2,3)14-8-13(10-17)9-15(18-14)20-11-12-4-6-19-7-5-12/h8-9,12H,4-7,10-11,17H2,1-3H3. The van der Waals surface area contributed by atoms with E-state index in [9.17, 15) is 0 Å². The van der Waals surface area contributed by atoms with Gasteiger partial charge >= 0.3 is 0 Å². The molecule has 1 aromatic heterocycles. The zero-order chi connectivity index (χ0) is 14.6. The fraction of sp³-hybridized carbons (Fsp3) is 0.688. The van der Waals surface area contributed by atoms with Gasteiger partial charge in [-0.25, -0.2) is 4.98 Å². The van der Waals surface area contributed by atoms with Crippen LogP contribution in [0.15, 0.2) is 12.1 Å². The van der Waals surface area contributed by atoms with Crippen molar-refractivity contribution in [3.05, 3.63) is 23.4 Å². The van der Waals surface area contributed by atoms with Gasteiger partial charge in [0, 0.05) is 31.2 Å². The van der Waals surface area contributed by atoms with Crippen LogP contribution in [0.1, 0.15) is 44.9 Å². The van der Waals surface area contributed by atoms with E-state index in [1.54, 1.807) is 0 Å². The molecule has 0 aliphatic carbocycles. The molecular weight excluding hydrogens is 252 g/mol. The molecule has 20 heavy (non-hydrogen) atoms. The quantitative estimate of drug-likeness (QED) is 0.920. The summed E-state index contributed by atoms with van der Waals surface area (Å²) in [7, 11) is 0. The first kappa shape index (κ1) is 15.3. The third-order valence-corrected chi connectivity index (χ3v) is 3.67. The molecule has 1 saturated heterocycles. The topological polar surface area (TPSA) is 57.4 Å². The molecule has 1 aromatic rings. The molecule has 0 radical (unpaired) electrons. The molecule has 0 amide bonds. The first-order valence-corrected chi connectivity index (χ1v) is 7.41. The van der Waals surface area contributed by atoms with Crippen molar-refractivity contribution in [2.45, 2.75) is 45.6 Å². The predicted octanol–water partition coefficient (Wildman–Crippen LogP) is 2.64. The van der Waals surface area contributed by atoms with E-state index in [2.05, 4.69) is 31.8 Å². The number of hydrogen-bond acceptors (Lipinski definition) is 4. The number of hydrogen-bond donors (Lipinski definition) is 1. The van der Waals surface area contributed by atoms with Gasteiger partial charge in [0.05, 0.1) is 12.3 Å². The van der Waals surface area contributed by atoms with Crippen LogP contribution in [0.25, 0.3) is 0 Å². The van der Waals surface area contributed by atoms with E-state index in [4.69, 9.17) is 15.2 Å². The molecule has 0 unspecified atom stereocenters. The molecule has 4 heteroatoms. The molecule has 0 saturated carbocycles. The number of aromatic nitrogens is 1. The molecule has 1 aliphatic rings. The van der Waals surface area contributed by atoms with Crippen molar-refractivity contribution < 1.29 is 9.47 Å². The Kier molecular flexibility index (Phi) is 5.00. The monoisotopic (exact) mass is 278 g/mol. The molecule has 1 fully saturated rings. The normalized spacial score (nSPS) is 17.2. The molecular formula is C16H26N2O2. The van der Waals surface area contributed by atoms with Crippen molar-refractivity contribution >= 4 is 0 Å². The molecule has 0 bridgehead atoms. The number of nitrogens with two attached hydrogens (primary N) is 1. The first-order chi connectivity index (χ1) is 9.49. The Hall–Kier alpha value is -1.13. The van der Waals surface area contributed by atoms with E-state index in [0.29, 0.717) is 24.9 Å². The summed E-state index contributed by atoms with van der Waals surface area (Å²) in [4.78, 5) is 4.63. The lowest BCUT2D eigenvalue weighted by Crippen LogP contribution is -2.22. The van der Waals surface area contributed by atoms with Gasteiger partial charge in [0.1, 0.15) is 0 Å². The average molecular weight is 278 g/mol. The summed E-state index contributed by atoms with van der Waals surface area (Å²) in [6, 6.07) is 4.02. The lowest BCUT2D eigenvalue weighted by atomic mass is 9.91. The van der Waals surface area contributed by atoms with Crippen LogP contribution < -0.4 is 10.5 Å². The third kappa shape index (κ3) is 4.18. The van der Waals surface area contributed by atoms with E-state index >= 15 is 0 Å². The Morgan fingerprint density at radius 2 is 2.00 bits per heavy atom. The minimum Gasteiger partial charge on any atom is -0.477 e. The predicted molar refractivity (Wildman–Crippen MR) is 79.9 cm³/mol. The lowest BCUT2D eigenvalue weighted by molar-refractivity contribution is 0.0489. The van der Waals surface area contributed by atoms with Gasteiger partial charge in [-0.3, -0.25) is 0 Å². The number of rotatable bonds is 4. The maximum atomic E-state index is 5.90. The first-order valence-electron chi connectivity index (χ1n) is 7.41. The number of ether oxygens (including phenoxy) is 2. The maximum Gasteiger partial charge on any atom is 0.213 e. The van der Waals surface area contributed by atoms with E-state index in [1.807, 2.05) is 6.07 Å². The molecule has 2 rings (SSSR count). The fourth-order valence-electron chi connectivity index (χ4n) is 2.25. The Morgan fingerprint density at radius 3 is 2.60 bits per heavy atom. The van der Waals surface area contributed by atoms with Crippen LogP contribution in [0.2, 0.25) is 0 Å². The van der Waals surface area contributed by atoms with Crippen LogP contribution in [0.5, 0.6) is 5.88 Å². The van der Waals surface area contributed by atoms with Crippen LogP contribution >= 0.6 is 0 Å². The fourth-order valence-corrected chi connectivity index (χ4v) is 2.25. The van der Waals surface area contributed by atoms with E-state index in [-0.39, 0.29) is 5.41 Å². The molecule has 0 spiro atoms. The van der Waals surface area contributed by atoms with Crippen molar-refractivity contribution in [1.29, 1.82) is 0 Å². The van der Waals surface area contributed by atoms with Crippen LogP contribution in [-0.2, 0) is 16.7 Å². The third-order valence-electron chi connectivity index (χ3n) is 3.67. The largest absolute Gasteiger partial charge is 0.477 e. The van der Waals surface area contributed by atoms with Crippen LogP contribution in [0.4, 0.5) is 0 Å². The summed E-state index contributed by atoms with van der Waals surface area (Å²) >= 11 is 0. The highest BCUT2D eigenvalue weighted by molar-refractivity contribution is 5.28. The Bertz CT molecular complexity index is 435. The Balaban J connectivity index is 2.06. The molecule has 4 nitrogen and oxygen atoms in total. The summed E-state index contributed by atoms with van der Waals surface area (Å²) in [5, 5.41) is 0. The van der Waals surface area contributed by atoms with Gasteiger partial charge in [0.25, 0.3) is 0 Å². The summed E-state index contributed by atoms with van der Waals surface area (Å²) in [6.07, 6.45) is 2.14. The van der Waals surface area contributed by atoms with Gasteiger partial charge in [-0.15, -0.1) is 0 Å². The SMILES string of the molecule is CC(C)(C)c1cc(CN)cc(OCC2CCOCC2)n1. The van der Waals surface area contributed by atoms with E-state index in [0.717, 1.165) is 37.3 Å². The molecule has 2 N–H and O–H groups in total. The van der Waals surface area contributed by atoms with Gasteiger partial charge in [-0.05, 0) is 30.4 Å². The highest BCUT2D eigenvalue weighted by Crippen LogP contribution is 2.25. The molecule has 112 valence electrons. The van der Waals surface area contributed by atoms with Crippen molar-refractivity contribution in [2.75, 3.05) is 19.8 Å². The van der Waals surface area contributed by atoms with Crippen molar-refractivity contribution in [3.8, 4) is 5.88 Å². The van der Waals surface area contributed by atoms with Crippen molar-refractivity contribution in [1.82, 2.24) is 4.98 Å². The zero-order valence-electron chi connectivity index (χ0n) is 12.8. The highest BCUT2D eigenvalue weighted by Gasteiger charge is 2.19. The second-order valence-electron chi connectivity index (χ2n) is 6.52. The second-order valence-corrected chi connectivity index (χ2v) is 6.52. The van der Waals surface area contributed by atoms with E-state index < -0.39 is 0 Å². The van der Waals surface area contributed by atoms with Crippen molar-refractivity contribution in [2.24, 2.45) is 11.7 Å². The molecule has 2 heterocycles. The minimum absolute atomic E-state index is 0.00195. The molecule has 1 aliphatic heterocycles.